The molecule has 8 nitrogen and oxygen atoms in total. The molecule has 2 heterocycles. The summed E-state index contributed by atoms with van der Waals surface area (Å²) in [6, 6.07) is 8.06. The SMILES string of the molecule is O=C(O)Oc1cn(C2CC2)c2c(F)c(N3CCNC(c4ccc(O)cc4)C3)c(Cl)cc2c1=O. The van der Waals surface area contributed by atoms with E-state index in [1.807, 2.05) is 17.0 Å². The van der Waals surface area contributed by atoms with Crippen molar-refractivity contribution in [1.29, 1.82) is 0 Å². The van der Waals surface area contributed by atoms with Crippen molar-refractivity contribution in [3.8, 4) is 11.5 Å². The summed E-state index contributed by atoms with van der Waals surface area (Å²) in [5.74, 6) is -0.825. The number of nitrogens with one attached hydrogen (secondary N) is 1. The molecule has 2 fully saturated rings. The van der Waals surface area contributed by atoms with Crippen LogP contribution in [0.15, 0.2) is 41.3 Å². The van der Waals surface area contributed by atoms with Crippen molar-refractivity contribution in [2.75, 3.05) is 24.5 Å². The van der Waals surface area contributed by atoms with Crippen molar-refractivity contribution in [3.63, 3.8) is 0 Å². The minimum atomic E-state index is -1.61. The lowest BCUT2D eigenvalue weighted by molar-refractivity contribution is 0.143. The Labute approximate surface area is 192 Å². The van der Waals surface area contributed by atoms with E-state index in [1.54, 1.807) is 16.7 Å². The van der Waals surface area contributed by atoms with Gasteiger partial charge in [0, 0.05) is 31.7 Å². The van der Waals surface area contributed by atoms with E-state index in [0.29, 0.717) is 19.6 Å². The molecule has 1 saturated heterocycles. The molecule has 2 aliphatic rings. The highest BCUT2D eigenvalue weighted by atomic mass is 35.5. The predicted octanol–water partition coefficient (Wildman–Crippen LogP) is 4.04. The Morgan fingerprint density at radius 1 is 1.24 bits per heavy atom. The number of phenols is 1. The molecule has 1 saturated carbocycles. The molecule has 0 spiro atoms. The van der Waals surface area contributed by atoms with Gasteiger partial charge in [-0.2, -0.15) is 0 Å². The van der Waals surface area contributed by atoms with Crippen molar-refractivity contribution in [3.05, 3.63) is 63.2 Å². The van der Waals surface area contributed by atoms with Gasteiger partial charge in [-0.05, 0) is 36.6 Å². The highest BCUT2D eigenvalue weighted by Gasteiger charge is 2.31. The van der Waals surface area contributed by atoms with Crippen molar-refractivity contribution < 1.29 is 24.1 Å². The van der Waals surface area contributed by atoms with Crippen LogP contribution in [-0.2, 0) is 0 Å². The molecule has 172 valence electrons. The summed E-state index contributed by atoms with van der Waals surface area (Å²) in [7, 11) is 0. The highest BCUT2D eigenvalue weighted by molar-refractivity contribution is 6.34. The number of nitrogens with zero attached hydrogens (tertiary/aromatic N) is 2. The van der Waals surface area contributed by atoms with Crippen LogP contribution in [0.4, 0.5) is 14.9 Å². The third-order valence-electron chi connectivity index (χ3n) is 6.08. The predicted molar refractivity (Wildman–Crippen MR) is 121 cm³/mol. The van der Waals surface area contributed by atoms with E-state index in [-0.39, 0.29) is 45.2 Å². The topological polar surface area (TPSA) is 104 Å². The third-order valence-corrected chi connectivity index (χ3v) is 6.36. The zero-order chi connectivity index (χ0) is 23.3. The summed E-state index contributed by atoms with van der Waals surface area (Å²) in [5.41, 5.74) is 0.522. The number of rotatable bonds is 4. The smallest absolute Gasteiger partial charge is 0.508 e. The molecule has 3 N–H and O–H groups in total. The van der Waals surface area contributed by atoms with Gasteiger partial charge in [0.1, 0.15) is 5.75 Å². The van der Waals surface area contributed by atoms with E-state index in [0.717, 1.165) is 18.4 Å². The number of ether oxygens (including phenoxy) is 1. The molecule has 0 bridgehead atoms. The molecule has 3 aromatic rings. The Balaban J connectivity index is 1.60. The van der Waals surface area contributed by atoms with E-state index in [4.69, 9.17) is 16.7 Å². The van der Waals surface area contributed by atoms with Crippen LogP contribution in [0.25, 0.3) is 10.9 Å². The maximum absolute atomic E-state index is 16.0. The van der Waals surface area contributed by atoms with Gasteiger partial charge in [0.15, 0.2) is 11.6 Å². The Morgan fingerprint density at radius 2 is 1.97 bits per heavy atom. The van der Waals surface area contributed by atoms with Crippen LogP contribution in [0.5, 0.6) is 11.5 Å². The fourth-order valence-electron chi connectivity index (χ4n) is 4.39. The van der Waals surface area contributed by atoms with Crippen LogP contribution in [0.3, 0.4) is 0 Å². The maximum Gasteiger partial charge on any atom is 0.511 e. The summed E-state index contributed by atoms with van der Waals surface area (Å²) in [5, 5.41) is 22.0. The molecule has 0 amide bonds. The lowest BCUT2D eigenvalue weighted by Crippen LogP contribution is -2.46. The largest absolute Gasteiger partial charge is 0.511 e. The number of hydrogen-bond acceptors (Lipinski definition) is 6. The zero-order valence-corrected chi connectivity index (χ0v) is 18.2. The number of hydrogen-bond donors (Lipinski definition) is 3. The molecule has 1 aliphatic heterocycles. The van der Waals surface area contributed by atoms with E-state index < -0.39 is 17.4 Å². The number of carbonyl (C=O) groups is 1. The van der Waals surface area contributed by atoms with Gasteiger partial charge in [-0.1, -0.05) is 23.7 Å². The Bertz CT molecular complexity index is 1310. The van der Waals surface area contributed by atoms with Crippen molar-refractivity contribution in [2.45, 2.75) is 24.9 Å². The van der Waals surface area contributed by atoms with Crippen molar-refractivity contribution in [1.82, 2.24) is 9.88 Å². The summed E-state index contributed by atoms with van der Waals surface area (Å²) in [4.78, 5) is 25.7. The lowest BCUT2D eigenvalue weighted by atomic mass is 10.0. The number of halogens is 2. The maximum atomic E-state index is 16.0. The second-order valence-electron chi connectivity index (χ2n) is 8.29. The first-order valence-electron chi connectivity index (χ1n) is 10.6. The van der Waals surface area contributed by atoms with Crippen LogP contribution in [0.1, 0.15) is 30.5 Å². The van der Waals surface area contributed by atoms with Crippen molar-refractivity contribution >= 4 is 34.3 Å². The molecule has 1 unspecified atom stereocenters. The number of phenolic OH excluding ortho intramolecular Hbond substituents is 1. The summed E-state index contributed by atoms with van der Waals surface area (Å²) >= 11 is 6.49. The quantitative estimate of drug-likeness (QED) is 0.491. The number of fused-ring (bicyclic) bond motifs is 1. The van der Waals surface area contributed by atoms with Crippen LogP contribution in [0.2, 0.25) is 5.02 Å². The van der Waals surface area contributed by atoms with Gasteiger partial charge in [0.2, 0.25) is 5.43 Å². The molecular weight excluding hydrogens is 453 g/mol. The summed E-state index contributed by atoms with van der Waals surface area (Å²) in [6.45, 7) is 1.52. The third kappa shape index (κ3) is 3.98. The first-order valence-corrected chi connectivity index (χ1v) is 11.0. The number of anilines is 1. The molecule has 5 rings (SSSR count). The Hall–Kier alpha value is -3.30. The van der Waals surface area contributed by atoms with Gasteiger partial charge >= 0.3 is 6.16 Å². The van der Waals surface area contributed by atoms with Crippen LogP contribution in [0, 0.1) is 5.82 Å². The van der Waals surface area contributed by atoms with E-state index in [1.165, 1.54) is 12.3 Å². The van der Waals surface area contributed by atoms with Gasteiger partial charge in [-0.25, -0.2) is 9.18 Å². The molecule has 10 heteroatoms. The number of aromatic nitrogens is 1. The van der Waals surface area contributed by atoms with Crippen LogP contribution in [-0.4, -0.2) is 40.6 Å². The highest BCUT2D eigenvalue weighted by Crippen LogP contribution is 2.42. The summed E-state index contributed by atoms with van der Waals surface area (Å²) < 4.78 is 22.3. The van der Waals surface area contributed by atoms with Gasteiger partial charge in [0.25, 0.3) is 0 Å². The second-order valence-corrected chi connectivity index (χ2v) is 8.70. The molecular formula is C23H21ClFN3O5. The normalized spacial score (nSPS) is 18.5. The first-order chi connectivity index (χ1) is 15.8. The van der Waals surface area contributed by atoms with E-state index in [2.05, 4.69) is 10.1 Å². The fraction of sp³-hybridized carbons (Fsp3) is 0.304. The fourth-order valence-corrected chi connectivity index (χ4v) is 4.70. The first kappa shape index (κ1) is 21.5. The minimum Gasteiger partial charge on any atom is -0.508 e. The molecule has 1 aromatic heterocycles. The zero-order valence-electron chi connectivity index (χ0n) is 17.4. The monoisotopic (exact) mass is 473 g/mol. The van der Waals surface area contributed by atoms with Gasteiger partial charge in [0.05, 0.1) is 27.8 Å². The van der Waals surface area contributed by atoms with Gasteiger partial charge < -0.3 is 29.7 Å². The molecule has 1 atom stereocenters. The number of aromatic hydroxyl groups is 1. The lowest BCUT2D eigenvalue weighted by Gasteiger charge is -2.36. The Kier molecular flexibility index (Phi) is 5.38. The minimum absolute atomic E-state index is 0.0166. The van der Waals surface area contributed by atoms with Crippen LogP contribution >= 0.6 is 11.6 Å². The molecule has 33 heavy (non-hydrogen) atoms. The second kappa shape index (κ2) is 8.24. The average Bonchev–Trinajstić information content (AvgIpc) is 3.62. The number of carboxylic acid groups (broad SMARTS) is 1. The molecule has 0 radical (unpaired) electrons. The van der Waals surface area contributed by atoms with Gasteiger partial charge in [-0.15, -0.1) is 0 Å². The van der Waals surface area contributed by atoms with Crippen molar-refractivity contribution in [2.24, 2.45) is 0 Å². The summed E-state index contributed by atoms with van der Waals surface area (Å²) in [6.07, 6.45) is 1.24. The Morgan fingerprint density at radius 3 is 2.64 bits per heavy atom. The molecule has 1 aliphatic carbocycles. The average molecular weight is 474 g/mol. The number of pyridine rings is 1. The van der Waals surface area contributed by atoms with Crippen LogP contribution < -0.4 is 20.4 Å². The number of benzene rings is 2. The standard InChI is InChI=1S/C23H21ClFN3O5/c24-16-9-15-20(28(13-3-4-13)11-18(22(15)30)33-23(31)32)19(25)21(16)27-8-7-26-17(10-27)12-1-5-14(29)6-2-12/h1-2,5-6,9,11,13,17,26,29H,3-4,7-8,10H2,(H,31,32). The van der Waals surface area contributed by atoms with Gasteiger partial charge in [-0.3, -0.25) is 4.79 Å². The van der Waals surface area contributed by atoms with E-state index in [9.17, 15) is 14.7 Å². The molecule has 2 aromatic carbocycles. The number of piperazine rings is 1. The van der Waals surface area contributed by atoms with E-state index >= 15 is 4.39 Å².